The molecule has 2 fully saturated rings. The molecule has 2 heterocycles. The van der Waals surface area contributed by atoms with Crippen LogP contribution < -0.4 is 5.32 Å². The van der Waals surface area contributed by atoms with Gasteiger partial charge in [0.15, 0.2) is 12.6 Å². The van der Waals surface area contributed by atoms with Crippen molar-refractivity contribution in [2.24, 2.45) is 0 Å². The Hall–Kier alpha value is -2.05. The zero-order valence-electron chi connectivity index (χ0n) is 66.8. The van der Waals surface area contributed by atoms with E-state index < -0.39 is 86.8 Å². The molecule has 14 nitrogen and oxygen atoms in total. The van der Waals surface area contributed by atoms with Gasteiger partial charge in [0.2, 0.25) is 5.91 Å². The molecule has 0 bridgehead atoms. The molecule has 606 valence electrons. The van der Waals surface area contributed by atoms with Gasteiger partial charge in [0.05, 0.1) is 32.0 Å². The van der Waals surface area contributed by atoms with Crippen LogP contribution in [0.2, 0.25) is 0 Å². The average molecular weight is 1460 g/mol. The van der Waals surface area contributed by atoms with Crippen LogP contribution in [0.3, 0.4) is 0 Å². The van der Waals surface area contributed by atoms with E-state index in [9.17, 15) is 45.6 Å². The van der Waals surface area contributed by atoms with Crippen LogP contribution in [0, 0.1) is 0 Å². The molecule has 2 aliphatic heterocycles. The summed E-state index contributed by atoms with van der Waals surface area (Å²) < 4.78 is 23.0. The fourth-order valence-corrected chi connectivity index (χ4v) is 14.9. The first kappa shape index (κ1) is 97.0. The molecule has 9 N–H and O–H groups in total. The van der Waals surface area contributed by atoms with Crippen molar-refractivity contribution in [2.45, 2.75) is 492 Å². The highest BCUT2D eigenvalue weighted by atomic mass is 16.7. The van der Waals surface area contributed by atoms with Gasteiger partial charge in [-0.1, -0.05) is 409 Å². The zero-order valence-corrected chi connectivity index (χ0v) is 66.8. The first-order valence-corrected chi connectivity index (χ1v) is 44.4. The minimum atomic E-state index is -1.78. The number of rotatable bonds is 76. The maximum absolute atomic E-state index is 13.4. The number of hydrogen-bond acceptors (Lipinski definition) is 13. The molecule has 0 aromatic carbocycles. The van der Waals surface area contributed by atoms with Gasteiger partial charge in [-0.05, 0) is 51.4 Å². The molecular formula is C89H167NO13. The standard InChI is InChI=1S/C89H167NO13/c1-3-5-7-9-11-13-15-17-19-21-23-25-27-29-31-33-35-37-38-39-40-41-43-45-47-49-51-53-55-57-59-61-63-65-67-69-71-73-81(94)90-77(76-100-88-86(99)84(97)87(80(75-92)102-88)103-89-85(98)83(96)82(95)79(74-91)101-89)78(93)72-70-68-66-64-62-60-58-56-54-52-50-48-46-44-42-36-34-32-30-28-26-24-22-20-18-16-14-12-10-8-6-4-2/h5,7,11,13,17,19,23,25,77-80,82-89,91-93,95-99H,3-4,6,8-10,12,14-16,18,20-22,24,26-76H2,1-2H3,(H,90,94)/b7-5-,13-11-,19-17-,25-23-. The molecule has 103 heavy (non-hydrogen) atoms. The summed E-state index contributed by atoms with van der Waals surface area (Å²) in [6, 6.07) is -0.830. The van der Waals surface area contributed by atoms with Crippen LogP contribution in [0.15, 0.2) is 48.6 Å². The lowest BCUT2D eigenvalue weighted by molar-refractivity contribution is -0.359. The Morgan fingerprint density at radius 2 is 0.670 bits per heavy atom. The molecule has 14 heteroatoms. The van der Waals surface area contributed by atoms with Gasteiger partial charge in [0, 0.05) is 6.42 Å². The van der Waals surface area contributed by atoms with E-state index in [4.69, 9.17) is 18.9 Å². The second-order valence-electron chi connectivity index (χ2n) is 31.4. The van der Waals surface area contributed by atoms with Crippen LogP contribution in [0.5, 0.6) is 0 Å². The van der Waals surface area contributed by atoms with Crippen molar-refractivity contribution in [3.63, 3.8) is 0 Å². The number of hydrogen-bond donors (Lipinski definition) is 9. The summed E-state index contributed by atoms with van der Waals surface area (Å²) >= 11 is 0. The van der Waals surface area contributed by atoms with Gasteiger partial charge in [-0.2, -0.15) is 0 Å². The Kier molecular flexibility index (Phi) is 68.6. The third-order valence-electron chi connectivity index (χ3n) is 21.8. The number of aliphatic hydroxyl groups is 8. The number of aliphatic hydroxyl groups excluding tert-OH is 8. The number of carbonyl (C=O) groups is 1. The second-order valence-corrected chi connectivity index (χ2v) is 31.4. The van der Waals surface area contributed by atoms with E-state index in [1.54, 1.807) is 0 Å². The Labute approximate surface area is 633 Å². The van der Waals surface area contributed by atoms with Crippen molar-refractivity contribution >= 4 is 5.91 Å². The topological polar surface area (TPSA) is 228 Å². The molecule has 12 atom stereocenters. The number of allylic oxidation sites excluding steroid dienone is 8. The Bertz CT molecular complexity index is 1920. The van der Waals surface area contributed by atoms with Gasteiger partial charge in [0.1, 0.15) is 48.8 Å². The number of unbranched alkanes of at least 4 members (excludes halogenated alkanes) is 55. The second kappa shape index (κ2) is 72.8. The summed E-state index contributed by atoms with van der Waals surface area (Å²) in [5, 5.41) is 88.0. The van der Waals surface area contributed by atoms with E-state index in [-0.39, 0.29) is 12.5 Å². The normalized spacial score (nSPS) is 21.7. The van der Waals surface area contributed by atoms with Crippen molar-refractivity contribution in [1.29, 1.82) is 0 Å². The highest BCUT2D eigenvalue weighted by Gasteiger charge is 2.51. The highest BCUT2D eigenvalue weighted by Crippen LogP contribution is 2.31. The molecule has 0 radical (unpaired) electrons. The van der Waals surface area contributed by atoms with E-state index in [1.807, 2.05) is 0 Å². The van der Waals surface area contributed by atoms with E-state index >= 15 is 0 Å². The molecule has 0 aromatic rings. The van der Waals surface area contributed by atoms with E-state index in [1.165, 1.54) is 315 Å². The van der Waals surface area contributed by atoms with Gasteiger partial charge < -0.3 is 65.1 Å². The Morgan fingerprint density at radius 3 is 1.03 bits per heavy atom. The lowest BCUT2D eigenvalue weighted by Gasteiger charge is -2.46. The van der Waals surface area contributed by atoms with Gasteiger partial charge in [-0.3, -0.25) is 4.79 Å². The van der Waals surface area contributed by atoms with Crippen LogP contribution in [-0.4, -0.2) is 140 Å². The molecule has 2 rings (SSSR count). The number of nitrogens with one attached hydrogen (secondary N) is 1. The van der Waals surface area contributed by atoms with Crippen molar-refractivity contribution < 1.29 is 64.6 Å². The molecule has 12 unspecified atom stereocenters. The number of ether oxygens (including phenoxy) is 4. The van der Waals surface area contributed by atoms with Crippen LogP contribution in [-0.2, 0) is 23.7 Å². The highest BCUT2D eigenvalue weighted by molar-refractivity contribution is 5.76. The molecule has 0 aliphatic carbocycles. The molecule has 2 aliphatic rings. The first-order valence-electron chi connectivity index (χ1n) is 44.4. The number of carbonyl (C=O) groups excluding carboxylic acids is 1. The van der Waals surface area contributed by atoms with Gasteiger partial charge in [0.25, 0.3) is 0 Å². The molecule has 1 amide bonds. The van der Waals surface area contributed by atoms with E-state index in [0.717, 1.165) is 77.0 Å². The summed E-state index contributed by atoms with van der Waals surface area (Å²) in [4.78, 5) is 13.4. The monoisotopic (exact) mass is 1460 g/mol. The molecule has 0 spiro atoms. The fraction of sp³-hybridized carbons (Fsp3) is 0.899. The van der Waals surface area contributed by atoms with Crippen LogP contribution in [0.25, 0.3) is 0 Å². The molecular weight excluding hydrogens is 1290 g/mol. The predicted molar refractivity (Wildman–Crippen MR) is 429 cm³/mol. The summed E-state index contributed by atoms with van der Waals surface area (Å²) in [6.45, 7) is 2.83. The predicted octanol–water partition coefficient (Wildman–Crippen LogP) is 21.3. The van der Waals surface area contributed by atoms with Crippen LogP contribution in [0.1, 0.15) is 418 Å². The Balaban J connectivity index is 1.55. The fourth-order valence-electron chi connectivity index (χ4n) is 14.9. The van der Waals surface area contributed by atoms with Gasteiger partial charge in [-0.15, -0.1) is 0 Å². The first-order chi connectivity index (χ1) is 50.6. The Morgan fingerprint density at radius 1 is 0.359 bits per heavy atom. The number of amides is 1. The van der Waals surface area contributed by atoms with Crippen LogP contribution in [0.4, 0.5) is 0 Å². The van der Waals surface area contributed by atoms with Gasteiger partial charge >= 0.3 is 0 Å². The van der Waals surface area contributed by atoms with Crippen molar-refractivity contribution in [3.05, 3.63) is 48.6 Å². The maximum atomic E-state index is 13.4. The summed E-state index contributed by atoms with van der Waals surface area (Å²) in [5.74, 6) is -0.197. The summed E-state index contributed by atoms with van der Waals surface area (Å²) in [7, 11) is 0. The van der Waals surface area contributed by atoms with E-state index in [2.05, 4.69) is 67.8 Å². The summed E-state index contributed by atoms with van der Waals surface area (Å²) in [6.07, 6.45) is 81.8. The minimum Gasteiger partial charge on any atom is -0.394 e. The third-order valence-corrected chi connectivity index (χ3v) is 21.8. The summed E-state index contributed by atoms with van der Waals surface area (Å²) in [5.41, 5.74) is 0. The van der Waals surface area contributed by atoms with Crippen molar-refractivity contribution in [3.8, 4) is 0 Å². The largest absolute Gasteiger partial charge is 0.394 e. The smallest absolute Gasteiger partial charge is 0.220 e. The van der Waals surface area contributed by atoms with E-state index in [0.29, 0.717) is 12.8 Å². The SMILES string of the molecule is CC/C=C\C/C=C\C/C=C\C/C=C\CCCCCCCCCCCCCCCCCCCCCCCCCCC(=O)NC(COC1OC(CO)C(OC2OC(CO)C(O)C(O)C2O)C(O)C1O)C(O)CCCCCCCCCCCCCCCCCCCCCCCCCCCCCCCCCC. The lowest BCUT2D eigenvalue weighted by atomic mass is 9.97. The van der Waals surface area contributed by atoms with Gasteiger partial charge in [-0.25, -0.2) is 0 Å². The quantitative estimate of drug-likeness (QED) is 0.0204. The zero-order chi connectivity index (χ0) is 74.4. The molecule has 2 saturated heterocycles. The third kappa shape index (κ3) is 55.1. The minimum absolute atomic E-state index is 0.197. The van der Waals surface area contributed by atoms with Crippen molar-refractivity contribution in [1.82, 2.24) is 5.32 Å². The maximum Gasteiger partial charge on any atom is 0.220 e. The molecule has 0 aromatic heterocycles. The average Bonchev–Trinajstić information content (AvgIpc) is 0.791. The lowest BCUT2D eigenvalue weighted by Crippen LogP contribution is -2.65. The van der Waals surface area contributed by atoms with Crippen LogP contribution >= 0.6 is 0 Å². The van der Waals surface area contributed by atoms with Crippen molar-refractivity contribution in [2.75, 3.05) is 19.8 Å². The molecule has 0 saturated carbocycles.